The number of nitrogens with one attached hydrogen (secondary N) is 6. The van der Waals surface area contributed by atoms with E-state index in [2.05, 4.69) is 48.3 Å². The normalized spacial score (nSPS) is 15.9. The number of likely N-dealkylation sites (tertiary alicyclic amines) is 1. The quantitative estimate of drug-likeness (QED) is 0.0205. The van der Waals surface area contributed by atoms with Crippen molar-refractivity contribution in [1.29, 1.82) is 0 Å². The molecule has 0 spiro atoms. The third-order valence-electron chi connectivity index (χ3n) is 17.6. The molecule has 1 saturated heterocycles. The highest BCUT2D eigenvalue weighted by Crippen LogP contribution is 2.31. The number of nitrogens with zero attached hydrogens (tertiary/aromatic N) is 4. The number of methoxy groups -OCH3 is 2. The van der Waals surface area contributed by atoms with Gasteiger partial charge in [-0.25, -0.2) is 20.5 Å². The van der Waals surface area contributed by atoms with Crippen LogP contribution in [-0.2, 0) is 84.6 Å². The SMILES string of the molecule is C=C(C)[C@H](NC(=O)CCOCCOCCOCCOCCON)C(=O)NC(CCCNC(N)=O)C(=O)Nc1ccc(COC(=O)N(C)[C@H](C(=O)NC(C(=O)N(C)C([C@@H](C)CC)[C@@H](CC(=O)N2CCC[C@H]2[C@H](OC)[C@@H](C)C(=O)N[C@@H](Cc2ccccc2)c2nccs2)OC)C(C)C)C(C)C)cc1. The van der Waals surface area contributed by atoms with Gasteiger partial charge in [-0.05, 0) is 85.6 Å². The predicted octanol–water partition coefficient (Wildman–Crippen LogP) is 5.18. The minimum absolute atomic E-state index is 0.0411. The Kier molecular flexibility index (Phi) is 39.1. The lowest BCUT2D eigenvalue weighted by Crippen LogP contribution is -2.60. The van der Waals surface area contributed by atoms with E-state index in [-0.39, 0.29) is 82.4 Å². The lowest BCUT2D eigenvalue weighted by Gasteiger charge is -2.41. The van der Waals surface area contributed by atoms with Crippen LogP contribution in [0.5, 0.6) is 0 Å². The first-order chi connectivity index (χ1) is 48.3. The summed E-state index contributed by atoms with van der Waals surface area (Å²) in [5.41, 5.74) is 7.45. The Labute approximate surface area is 599 Å². The molecule has 3 aromatic rings. The molecule has 0 radical (unpaired) electrons. The molecule has 0 saturated carbocycles. The molecule has 0 aliphatic carbocycles. The maximum absolute atomic E-state index is 14.9. The second kappa shape index (κ2) is 46.0. The number of thiazole rings is 1. The summed E-state index contributed by atoms with van der Waals surface area (Å²) in [5.74, 6) is 0.0231. The molecule has 4 rings (SSSR count). The van der Waals surface area contributed by atoms with Crippen molar-refractivity contribution in [3.8, 4) is 0 Å². The van der Waals surface area contributed by atoms with Gasteiger partial charge in [-0.2, -0.15) is 0 Å². The number of anilines is 1. The van der Waals surface area contributed by atoms with Gasteiger partial charge in [0.15, 0.2) is 0 Å². The summed E-state index contributed by atoms with van der Waals surface area (Å²) in [7, 11) is 6.16. The Balaban J connectivity index is 1.35. The highest BCUT2D eigenvalue weighted by atomic mass is 32.1. The molecule has 3 unspecified atom stereocenters. The van der Waals surface area contributed by atoms with Gasteiger partial charge in [0.2, 0.25) is 41.4 Å². The number of primary amides is 1. The second-order valence-electron chi connectivity index (χ2n) is 25.9. The number of hydrogen-bond donors (Lipinski definition) is 8. The Morgan fingerprint density at radius 2 is 1.38 bits per heavy atom. The zero-order valence-corrected chi connectivity index (χ0v) is 61.8. The largest absolute Gasteiger partial charge is 0.445 e. The fraction of sp³-hybridized carbons (Fsp3) is 0.634. The van der Waals surface area contributed by atoms with E-state index >= 15 is 0 Å². The molecule has 1 aromatic heterocycles. The summed E-state index contributed by atoms with van der Waals surface area (Å²) in [4.78, 5) is 137. The van der Waals surface area contributed by atoms with E-state index in [1.165, 1.54) is 30.4 Å². The van der Waals surface area contributed by atoms with Crippen LogP contribution < -0.4 is 43.5 Å². The van der Waals surface area contributed by atoms with E-state index in [0.717, 1.165) is 10.6 Å². The van der Waals surface area contributed by atoms with Gasteiger partial charge >= 0.3 is 12.1 Å². The highest BCUT2D eigenvalue weighted by Gasteiger charge is 2.44. The summed E-state index contributed by atoms with van der Waals surface area (Å²) in [5, 5.41) is 19.4. The molecule has 2 heterocycles. The lowest BCUT2D eigenvalue weighted by atomic mass is 9.89. The van der Waals surface area contributed by atoms with Crippen LogP contribution in [0.1, 0.15) is 123 Å². The Morgan fingerprint density at radius 3 is 1.93 bits per heavy atom. The summed E-state index contributed by atoms with van der Waals surface area (Å²) in [6, 6.07) is 9.59. The van der Waals surface area contributed by atoms with Crippen molar-refractivity contribution in [2.75, 3.05) is 106 Å². The minimum Gasteiger partial charge on any atom is -0.445 e. The Morgan fingerprint density at radius 1 is 0.743 bits per heavy atom. The van der Waals surface area contributed by atoms with Gasteiger partial charge in [0.1, 0.15) is 35.8 Å². The zero-order valence-electron chi connectivity index (χ0n) is 61.0. The molecule has 10 amide bonds. The number of aromatic nitrogens is 1. The van der Waals surface area contributed by atoms with Gasteiger partial charge in [0.05, 0.1) is 102 Å². The highest BCUT2D eigenvalue weighted by molar-refractivity contribution is 7.09. The topological polar surface area (TPSA) is 374 Å². The van der Waals surface area contributed by atoms with Crippen LogP contribution in [0.3, 0.4) is 0 Å². The maximum Gasteiger partial charge on any atom is 0.410 e. The van der Waals surface area contributed by atoms with Crippen LogP contribution in [0.25, 0.3) is 0 Å². The first-order valence-electron chi connectivity index (χ1n) is 34.6. The third kappa shape index (κ3) is 28.9. The second-order valence-corrected chi connectivity index (χ2v) is 26.8. The molecule has 564 valence electrons. The van der Waals surface area contributed by atoms with Crippen LogP contribution >= 0.6 is 11.3 Å². The van der Waals surface area contributed by atoms with Crippen molar-refractivity contribution < 1.29 is 81.1 Å². The number of nitrogens with two attached hydrogens (primary N) is 2. The molecule has 1 fully saturated rings. The summed E-state index contributed by atoms with van der Waals surface area (Å²) >= 11 is 1.47. The van der Waals surface area contributed by atoms with Gasteiger partial charge in [-0.15, -0.1) is 11.3 Å². The Bertz CT molecular complexity index is 3020. The lowest BCUT2D eigenvalue weighted by molar-refractivity contribution is -0.148. The van der Waals surface area contributed by atoms with Crippen LogP contribution in [0.4, 0.5) is 15.3 Å². The number of hydrogen-bond acceptors (Lipinski definition) is 20. The summed E-state index contributed by atoms with van der Waals surface area (Å²) in [6.07, 6.45) is 2.12. The number of rotatable bonds is 48. The fourth-order valence-electron chi connectivity index (χ4n) is 12.0. The molecule has 101 heavy (non-hydrogen) atoms. The third-order valence-corrected chi connectivity index (χ3v) is 18.5. The smallest absolute Gasteiger partial charge is 0.410 e. The average molecular weight is 1440 g/mol. The molecule has 10 N–H and O–H groups in total. The Hall–Kier alpha value is -7.68. The molecular formula is C71H112N12O17S. The average Bonchev–Trinajstić information content (AvgIpc) is 1.78. The molecule has 30 heteroatoms. The van der Waals surface area contributed by atoms with Crippen molar-refractivity contribution in [2.24, 2.45) is 35.3 Å². The standard InChI is InChI=1S/C71H112N12O17S/c1-14-48(8)62(56(93-12)43-58(85)83-31-19-23-55(83)63(94-13)49(9)64(86)78-54(68-74-30-41-101-68)42-50-20-16-15-17-21-50)81(10)69(90)60(46(4)5)80-67(89)61(47(6)7)82(11)71(92)99-44-51-24-26-52(27-25-51)76-65(87)53(22-18-29-75-70(72)91)77-66(88)59(45(2)3)79-57(84)28-32-95-33-34-96-35-36-97-37-38-98-39-40-100-73/h15-17,20-21,24-27,30,41,46-49,53-56,59-63H,2,14,18-19,22-23,28-29,31-40,42-44,73H2,1,3-13H3,(H,76,87)(H,77,88)(H,78,86)(H,79,84)(H,80,89)(H3,72,75,91)/t48-,49+,53?,54-,55-,56+,59-,60?,61-,62?,63+/m0/s1. The number of likely N-dealkylation sites (N-methyl/N-ethyl adjacent to an activating group) is 2. The van der Waals surface area contributed by atoms with Gasteiger partial charge < -0.3 is 85.4 Å². The first kappa shape index (κ1) is 85.7. The van der Waals surface area contributed by atoms with Gasteiger partial charge in [-0.3, -0.25) is 38.5 Å². The van der Waals surface area contributed by atoms with E-state index in [1.807, 2.05) is 70.3 Å². The number of carbonyl (C=O) groups is 9. The summed E-state index contributed by atoms with van der Waals surface area (Å²) in [6.45, 7) is 21.3. The predicted molar refractivity (Wildman–Crippen MR) is 381 cm³/mol. The fourth-order valence-corrected chi connectivity index (χ4v) is 12.6. The maximum atomic E-state index is 14.9. The first-order valence-corrected chi connectivity index (χ1v) is 35.5. The van der Waals surface area contributed by atoms with E-state index < -0.39 is 108 Å². The van der Waals surface area contributed by atoms with Crippen LogP contribution in [0.15, 0.2) is 78.3 Å². The van der Waals surface area contributed by atoms with Crippen molar-refractivity contribution in [2.45, 2.75) is 168 Å². The van der Waals surface area contributed by atoms with E-state index in [0.29, 0.717) is 88.7 Å². The summed E-state index contributed by atoms with van der Waals surface area (Å²) < 4.78 is 39.6. The molecule has 2 aromatic carbocycles. The van der Waals surface area contributed by atoms with Gasteiger partial charge in [-0.1, -0.05) is 104 Å². The number of benzene rings is 2. The molecule has 29 nitrogen and oxygen atoms in total. The molecule has 1 aliphatic rings. The number of urea groups is 1. The monoisotopic (exact) mass is 1440 g/mol. The van der Waals surface area contributed by atoms with E-state index in [9.17, 15) is 43.2 Å². The van der Waals surface area contributed by atoms with Crippen LogP contribution in [0.2, 0.25) is 0 Å². The molecular weight excluding hydrogens is 1320 g/mol. The van der Waals surface area contributed by atoms with Crippen molar-refractivity contribution in [1.82, 2.24) is 46.3 Å². The number of carbonyl (C=O) groups excluding carboxylic acids is 9. The number of amides is 10. The molecule has 0 bridgehead atoms. The molecule has 11 atom stereocenters. The van der Waals surface area contributed by atoms with Crippen molar-refractivity contribution in [3.05, 3.63) is 94.5 Å². The van der Waals surface area contributed by atoms with E-state index in [1.54, 1.807) is 75.2 Å². The van der Waals surface area contributed by atoms with Crippen molar-refractivity contribution in [3.63, 3.8) is 0 Å². The van der Waals surface area contributed by atoms with E-state index in [4.69, 9.17) is 44.8 Å². The van der Waals surface area contributed by atoms with Crippen LogP contribution in [0, 0.1) is 23.7 Å². The minimum atomic E-state index is -1.20. The zero-order chi connectivity index (χ0) is 74.6. The van der Waals surface area contributed by atoms with Gasteiger partial charge in [0.25, 0.3) is 0 Å². The van der Waals surface area contributed by atoms with Crippen LogP contribution in [-0.4, -0.2) is 222 Å². The van der Waals surface area contributed by atoms with Crippen molar-refractivity contribution >= 4 is 70.5 Å². The molecule has 1 aliphatic heterocycles. The number of ether oxygens (including phenoxy) is 7. The van der Waals surface area contributed by atoms with Gasteiger partial charge in [0, 0.05) is 65.1 Å².